The minimum absolute atomic E-state index is 0.104. The summed E-state index contributed by atoms with van der Waals surface area (Å²) in [5.74, 6) is 1.90. The second kappa shape index (κ2) is 8.47. The van der Waals surface area contributed by atoms with E-state index in [0.717, 1.165) is 0 Å². The normalized spacial score (nSPS) is 40.7. The van der Waals surface area contributed by atoms with Crippen LogP contribution in [-0.4, -0.2) is 32.5 Å². The average Bonchev–Trinajstić information content (AvgIpc) is 3.89. The van der Waals surface area contributed by atoms with Gasteiger partial charge in [-0.25, -0.2) is 0 Å². The number of benzene rings is 4. The number of hydrogen-bond donors (Lipinski definition) is 0. The third-order valence-corrected chi connectivity index (χ3v) is 18.8. The van der Waals surface area contributed by atoms with Crippen LogP contribution in [0.5, 0.6) is 0 Å². The lowest BCUT2D eigenvalue weighted by molar-refractivity contribution is -0.00453. The van der Waals surface area contributed by atoms with Crippen LogP contribution in [0.4, 0.5) is 0 Å². The maximum absolute atomic E-state index is 7.44. The first-order valence-corrected chi connectivity index (χ1v) is 19.4. The Balaban J connectivity index is 1.40. The molecule has 4 aromatic carbocycles. The van der Waals surface area contributed by atoms with Crippen LogP contribution < -0.4 is 0 Å². The number of fused-ring (bicyclic) bond motifs is 16. The molecule has 5 fully saturated rings. The predicted octanol–water partition coefficient (Wildman–Crippen LogP) is 8.09. The molecule has 43 heavy (non-hydrogen) atoms. The van der Waals surface area contributed by atoms with Crippen molar-refractivity contribution in [2.75, 3.05) is 0 Å². The highest BCUT2D eigenvalue weighted by Crippen LogP contribution is 2.83. The molecule has 0 amide bonds. The summed E-state index contributed by atoms with van der Waals surface area (Å²) in [6, 6.07) is 46.3. The molecule has 3 heteroatoms. The lowest BCUT2D eigenvalue weighted by Crippen LogP contribution is -2.58. The highest BCUT2D eigenvalue weighted by Gasteiger charge is 2.88. The van der Waals surface area contributed by atoms with Crippen molar-refractivity contribution >= 4 is 19.2 Å². The van der Waals surface area contributed by atoms with Gasteiger partial charge in [-0.3, -0.25) is 0 Å². The van der Waals surface area contributed by atoms with Gasteiger partial charge in [0, 0.05) is 33.7 Å². The van der Waals surface area contributed by atoms with Crippen LogP contribution in [0.3, 0.4) is 0 Å². The van der Waals surface area contributed by atoms with Gasteiger partial charge in [0.2, 0.25) is 0 Å². The van der Waals surface area contributed by atoms with Crippen LogP contribution in [0.25, 0.3) is 11.1 Å². The van der Waals surface area contributed by atoms with Crippen molar-refractivity contribution in [2.24, 2.45) is 23.7 Å². The standard InChI is InChI=1S/C40H38O2Si/c1-43(2)39(27-19-11-5-12-20-27)33(25-15-7-3-8-16-25)34(26-17-9-4-10-18-26)40(43,28-21-13-6-14-22-28)36-35(39)37-31-29-23-24-30(41-29)32(31)38(36)42-37/h3-22,29-32,35-38H,23-24H2,1-2H3/t29-,30+,31+,32-,35-,36+,37+,38-,39+,40-. The van der Waals surface area contributed by atoms with E-state index in [9.17, 15) is 0 Å². The topological polar surface area (TPSA) is 18.5 Å². The minimum atomic E-state index is -2.32. The first-order chi connectivity index (χ1) is 21.1. The maximum Gasteiger partial charge on any atom is 0.0817 e. The van der Waals surface area contributed by atoms with Crippen LogP contribution in [0.2, 0.25) is 13.1 Å². The van der Waals surface area contributed by atoms with E-state index in [1.54, 1.807) is 11.1 Å². The molecular formula is C40H38O2Si. The van der Waals surface area contributed by atoms with Gasteiger partial charge in [-0.15, -0.1) is 0 Å². The zero-order valence-electron chi connectivity index (χ0n) is 24.9. The lowest BCUT2D eigenvalue weighted by atomic mass is 9.50. The monoisotopic (exact) mass is 578 g/mol. The molecule has 0 aromatic heterocycles. The van der Waals surface area contributed by atoms with Crippen molar-refractivity contribution in [3.05, 3.63) is 144 Å². The van der Waals surface area contributed by atoms with Gasteiger partial charge < -0.3 is 9.47 Å². The summed E-state index contributed by atoms with van der Waals surface area (Å²) in [4.78, 5) is 0. The van der Waals surface area contributed by atoms with E-state index >= 15 is 0 Å². The zero-order valence-corrected chi connectivity index (χ0v) is 25.9. The minimum Gasteiger partial charge on any atom is -0.374 e. The van der Waals surface area contributed by atoms with E-state index in [2.05, 4.69) is 134 Å². The third kappa shape index (κ3) is 2.68. The highest BCUT2D eigenvalue weighted by molar-refractivity contribution is 6.90. The Morgan fingerprint density at radius 1 is 0.512 bits per heavy atom. The van der Waals surface area contributed by atoms with Crippen LogP contribution in [0.1, 0.15) is 35.1 Å². The van der Waals surface area contributed by atoms with Gasteiger partial charge in [-0.05, 0) is 46.2 Å². The van der Waals surface area contributed by atoms with Crippen LogP contribution in [0.15, 0.2) is 121 Å². The molecule has 0 N–H and O–H groups in total. The van der Waals surface area contributed by atoms with Crippen LogP contribution in [-0.2, 0) is 19.6 Å². The Bertz CT molecular complexity index is 1620. The van der Waals surface area contributed by atoms with Gasteiger partial charge in [0.1, 0.15) is 0 Å². The van der Waals surface area contributed by atoms with Crippen molar-refractivity contribution in [2.45, 2.75) is 60.4 Å². The van der Waals surface area contributed by atoms with E-state index in [-0.39, 0.29) is 22.3 Å². The van der Waals surface area contributed by atoms with Crippen molar-refractivity contribution < 1.29 is 9.47 Å². The lowest BCUT2D eigenvalue weighted by Gasteiger charge is -2.50. The Hall–Kier alpha value is -3.24. The van der Waals surface area contributed by atoms with Gasteiger partial charge in [0.25, 0.3) is 0 Å². The molecule has 5 saturated heterocycles. The third-order valence-electron chi connectivity index (χ3n) is 13.1. The van der Waals surface area contributed by atoms with Gasteiger partial charge >= 0.3 is 0 Å². The van der Waals surface area contributed by atoms with Gasteiger partial charge in [-0.1, -0.05) is 134 Å². The van der Waals surface area contributed by atoms with E-state index in [1.165, 1.54) is 35.1 Å². The summed E-state index contributed by atoms with van der Waals surface area (Å²) in [7, 11) is -2.32. The molecule has 10 rings (SSSR count). The van der Waals surface area contributed by atoms with Crippen LogP contribution in [0, 0.1) is 23.7 Å². The summed E-state index contributed by atoms with van der Waals surface area (Å²) in [6.45, 7) is 5.51. The van der Waals surface area contributed by atoms with Crippen LogP contribution >= 0.6 is 0 Å². The summed E-state index contributed by atoms with van der Waals surface area (Å²) in [5, 5.41) is -0.207. The zero-order chi connectivity index (χ0) is 28.6. The number of ether oxygens (including phenoxy) is 2. The van der Waals surface area contributed by atoms with E-state index in [1.807, 2.05) is 0 Å². The summed E-state index contributed by atoms with van der Waals surface area (Å²) in [6.07, 6.45) is 3.62. The first-order valence-electron chi connectivity index (χ1n) is 16.4. The predicted molar refractivity (Wildman–Crippen MR) is 174 cm³/mol. The smallest absolute Gasteiger partial charge is 0.0817 e. The van der Waals surface area contributed by atoms with Crippen molar-refractivity contribution in [3.8, 4) is 0 Å². The fourth-order valence-electron chi connectivity index (χ4n) is 12.3. The highest BCUT2D eigenvalue weighted by atomic mass is 28.3. The largest absolute Gasteiger partial charge is 0.374 e. The fourth-order valence-corrected chi connectivity index (χ4v) is 18.9. The molecule has 6 aliphatic heterocycles. The molecular weight excluding hydrogens is 541 g/mol. The summed E-state index contributed by atoms with van der Waals surface area (Å²) >= 11 is 0. The molecule has 6 heterocycles. The Kier molecular flexibility index (Phi) is 4.95. The summed E-state index contributed by atoms with van der Waals surface area (Å²) in [5.41, 5.74) is 8.91. The molecule has 10 atom stereocenters. The van der Waals surface area contributed by atoms with Crippen molar-refractivity contribution in [1.29, 1.82) is 0 Å². The van der Waals surface area contributed by atoms with E-state index in [0.29, 0.717) is 35.9 Å². The fraction of sp³-hybridized carbons (Fsp3) is 0.350. The first kappa shape index (κ1) is 25.1. The number of rotatable bonds is 4. The van der Waals surface area contributed by atoms with E-state index < -0.39 is 8.07 Å². The van der Waals surface area contributed by atoms with Gasteiger partial charge in [-0.2, -0.15) is 0 Å². The molecule has 0 radical (unpaired) electrons. The Morgan fingerprint density at radius 3 is 1.28 bits per heavy atom. The quantitative estimate of drug-likeness (QED) is 0.228. The molecule has 0 unspecified atom stereocenters. The van der Waals surface area contributed by atoms with Crippen molar-refractivity contribution in [1.82, 2.24) is 0 Å². The number of hydrogen-bond acceptors (Lipinski definition) is 2. The van der Waals surface area contributed by atoms with Crippen molar-refractivity contribution in [3.63, 3.8) is 0 Å². The van der Waals surface area contributed by atoms with Gasteiger partial charge in [0.05, 0.1) is 32.5 Å². The number of allylic oxidation sites excluding steroid dienone is 2. The molecule has 6 bridgehead atoms. The van der Waals surface area contributed by atoms with Gasteiger partial charge in [0.15, 0.2) is 0 Å². The SMILES string of the molecule is C[Si]1(C)[C@]2(c3ccccc3)C(c3ccccc3)=C(c3ccccc3)[C@@]1(c1ccccc1)[C@H]1[C@H]3O[C@H]([C@H]4[C@@H]3[C@H]3CC[C@@H]4O3)[C@H]12. The molecule has 0 aliphatic carbocycles. The molecule has 0 spiro atoms. The second-order valence-corrected chi connectivity index (χ2v) is 19.3. The average molecular weight is 579 g/mol. The maximum atomic E-state index is 7.44. The summed E-state index contributed by atoms with van der Waals surface area (Å²) < 4.78 is 14.2. The molecule has 2 nitrogen and oxygen atoms in total. The van der Waals surface area contributed by atoms with E-state index in [4.69, 9.17) is 9.47 Å². The molecule has 6 aliphatic rings. The Labute approximate surface area is 255 Å². The molecule has 214 valence electrons. The second-order valence-electron chi connectivity index (χ2n) is 14.5. The molecule has 4 aromatic rings. The Morgan fingerprint density at radius 2 is 0.884 bits per heavy atom. The molecule has 0 saturated carbocycles.